The number of carbonyl (C=O) groups is 1. The minimum absolute atomic E-state index is 0.0382. The Morgan fingerprint density at radius 1 is 1.19 bits per heavy atom. The zero-order valence-electron chi connectivity index (χ0n) is 17.8. The molecule has 2 fully saturated rings. The molecule has 1 atom stereocenters. The molecule has 0 aromatic carbocycles. The highest BCUT2D eigenvalue weighted by Gasteiger charge is 2.35. The van der Waals surface area contributed by atoms with Crippen molar-refractivity contribution in [1.82, 2.24) is 9.97 Å². The maximum Gasteiger partial charge on any atom is 0.304 e. The fourth-order valence-electron chi connectivity index (χ4n) is 4.62. The summed E-state index contributed by atoms with van der Waals surface area (Å²) in [5, 5.41) is 9.22. The fourth-order valence-corrected chi connectivity index (χ4v) is 4.62. The predicted molar refractivity (Wildman–Crippen MR) is 113 cm³/mol. The molecule has 2 saturated carbocycles. The molecule has 31 heavy (non-hydrogen) atoms. The lowest BCUT2D eigenvalue weighted by Crippen LogP contribution is -2.20. The van der Waals surface area contributed by atoms with Gasteiger partial charge in [-0.3, -0.25) is 4.79 Å². The van der Waals surface area contributed by atoms with Gasteiger partial charge in [0.25, 0.3) is 0 Å². The minimum atomic E-state index is -0.787. The Labute approximate surface area is 181 Å². The Balaban J connectivity index is 1.31. The number of aromatic nitrogens is 2. The van der Waals surface area contributed by atoms with Gasteiger partial charge in [0.05, 0.1) is 26.3 Å². The third-order valence-electron chi connectivity index (χ3n) is 6.53. The zero-order valence-corrected chi connectivity index (χ0v) is 17.8. The first-order valence-corrected chi connectivity index (χ1v) is 11.0. The average molecular weight is 429 g/mol. The summed E-state index contributed by atoms with van der Waals surface area (Å²) in [6.45, 7) is 0.568. The molecule has 2 aliphatic carbocycles. The van der Waals surface area contributed by atoms with Crippen molar-refractivity contribution in [1.29, 1.82) is 0 Å². The number of aliphatic carboxylic acids is 1. The van der Waals surface area contributed by atoms with Gasteiger partial charge >= 0.3 is 5.97 Å². The highest BCUT2D eigenvalue weighted by molar-refractivity contribution is 5.68. The second-order valence-corrected chi connectivity index (χ2v) is 8.72. The number of halogens is 1. The summed E-state index contributed by atoms with van der Waals surface area (Å²) < 4.78 is 25.3. The normalized spacial score (nSPS) is 22.0. The molecule has 2 aromatic rings. The van der Waals surface area contributed by atoms with E-state index in [1.54, 1.807) is 6.07 Å². The van der Waals surface area contributed by atoms with Gasteiger partial charge in [-0.15, -0.1) is 0 Å². The van der Waals surface area contributed by atoms with Crippen LogP contribution in [0.25, 0.3) is 0 Å². The van der Waals surface area contributed by atoms with Crippen LogP contribution in [-0.2, 0) is 4.79 Å². The van der Waals surface area contributed by atoms with Gasteiger partial charge in [-0.1, -0.05) is 6.07 Å². The average Bonchev–Trinajstić information content (AvgIpc) is 3.62. The number of carboxylic acid groups (broad SMARTS) is 1. The van der Waals surface area contributed by atoms with E-state index in [0.717, 1.165) is 44.2 Å². The maximum atomic E-state index is 14.2. The molecule has 0 radical (unpaired) electrons. The van der Waals surface area contributed by atoms with Crippen LogP contribution in [0.2, 0.25) is 0 Å². The Bertz CT molecular complexity index is 910. The minimum Gasteiger partial charge on any atom is -0.481 e. The molecule has 0 saturated heterocycles. The molecule has 166 valence electrons. The molecule has 0 aliphatic heterocycles. The number of pyridine rings is 2. The lowest BCUT2D eigenvalue weighted by atomic mass is 9.79. The van der Waals surface area contributed by atoms with Crippen molar-refractivity contribution in [2.45, 2.75) is 56.8 Å². The van der Waals surface area contributed by atoms with Gasteiger partial charge in [-0.05, 0) is 67.9 Å². The van der Waals surface area contributed by atoms with Crippen LogP contribution in [0, 0.1) is 17.7 Å². The Morgan fingerprint density at radius 3 is 2.65 bits per heavy atom. The highest BCUT2D eigenvalue weighted by Crippen LogP contribution is 2.44. The van der Waals surface area contributed by atoms with E-state index < -0.39 is 5.97 Å². The summed E-state index contributed by atoms with van der Waals surface area (Å²) in [6.07, 6.45) is 7.19. The van der Waals surface area contributed by atoms with Gasteiger partial charge in [0.2, 0.25) is 11.8 Å². The van der Waals surface area contributed by atoms with E-state index in [-0.39, 0.29) is 24.1 Å². The van der Waals surface area contributed by atoms with Crippen LogP contribution in [0.5, 0.6) is 11.8 Å². The van der Waals surface area contributed by atoms with Crippen LogP contribution < -0.4 is 9.47 Å². The molecule has 1 N–H and O–H groups in total. The van der Waals surface area contributed by atoms with E-state index in [1.165, 1.54) is 13.3 Å². The number of hydrogen-bond donors (Lipinski definition) is 1. The summed E-state index contributed by atoms with van der Waals surface area (Å²) in [4.78, 5) is 19.8. The molecular formula is C24H29FN2O4. The smallest absolute Gasteiger partial charge is 0.304 e. The second kappa shape index (κ2) is 9.62. The lowest BCUT2D eigenvalue weighted by molar-refractivity contribution is -0.137. The molecule has 6 nitrogen and oxygen atoms in total. The monoisotopic (exact) mass is 428 g/mol. The van der Waals surface area contributed by atoms with E-state index in [4.69, 9.17) is 9.47 Å². The van der Waals surface area contributed by atoms with Crippen LogP contribution >= 0.6 is 0 Å². The molecule has 0 spiro atoms. The fraction of sp³-hybridized carbons (Fsp3) is 0.542. The molecule has 2 aromatic heterocycles. The van der Waals surface area contributed by atoms with Crippen molar-refractivity contribution < 1.29 is 23.8 Å². The summed E-state index contributed by atoms with van der Waals surface area (Å²) in [6, 6.07) is 7.34. The van der Waals surface area contributed by atoms with Crippen molar-refractivity contribution in [3.05, 3.63) is 47.5 Å². The standard InChI is InChI=1S/C24H29FN2O4/c1-30-23-11-18(20(25)13-26-23)16-7-5-15(6-8-16)14-31-22-4-2-3-21(27-22)19(12-24(28)29)17-9-10-17/h2-4,11,13,15-17,19H,5-10,12,14H2,1H3,(H,28,29)/t15-,16-,19?. The van der Waals surface area contributed by atoms with Crippen molar-refractivity contribution in [2.75, 3.05) is 13.7 Å². The Kier molecular flexibility index (Phi) is 6.68. The first-order chi connectivity index (χ1) is 15.0. The molecule has 0 amide bonds. The Hall–Kier alpha value is -2.70. The summed E-state index contributed by atoms with van der Waals surface area (Å²) >= 11 is 0. The number of methoxy groups -OCH3 is 1. The number of carboxylic acids is 1. The van der Waals surface area contributed by atoms with Gasteiger partial charge < -0.3 is 14.6 Å². The lowest BCUT2D eigenvalue weighted by Gasteiger charge is -2.29. The maximum absolute atomic E-state index is 14.2. The predicted octanol–water partition coefficient (Wildman–Crippen LogP) is 4.95. The molecule has 4 rings (SSSR count). The van der Waals surface area contributed by atoms with E-state index in [9.17, 15) is 14.3 Å². The van der Waals surface area contributed by atoms with E-state index in [0.29, 0.717) is 35.8 Å². The molecule has 0 bridgehead atoms. The van der Waals surface area contributed by atoms with Crippen LogP contribution in [0.1, 0.15) is 68.0 Å². The van der Waals surface area contributed by atoms with Crippen LogP contribution in [0.15, 0.2) is 30.5 Å². The largest absolute Gasteiger partial charge is 0.481 e. The Morgan fingerprint density at radius 2 is 1.97 bits per heavy atom. The first kappa shape index (κ1) is 21.5. The van der Waals surface area contributed by atoms with Crippen molar-refractivity contribution in [2.24, 2.45) is 11.8 Å². The van der Waals surface area contributed by atoms with Crippen molar-refractivity contribution in [3.63, 3.8) is 0 Å². The van der Waals surface area contributed by atoms with Crippen LogP contribution in [0.4, 0.5) is 4.39 Å². The number of hydrogen-bond acceptors (Lipinski definition) is 5. The number of rotatable bonds is 9. The van der Waals surface area contributed by atoms with Gasteiger partial charge in [0.1, 0.15) is 5.82 Å². The molecule has 1 unspecified atom stereocenters. The molecule has 2 heterocycles. The summed E-state index contributed by atoms with van der Waals surface area (Å²) in [5.74, 6) is 0.890. The second-order valence-electron chi connectivity index (χ2n) is 8.72. The zero-order chi connectivity index (χ0) is 21.8. The van der Waals surface area contributed by atoms with Crippen LogP contribution in [0.3, 0.4) is 0 Å². The van der Waals surface area contributed by atoms with Gasteiger partial charge in [-0.25, -0.2) is 14.4 Å². The first-order valence-electron chi connectivity index (χ1n) is 11.0. The van der Waals surface area contributed by atoms with Crippen LogP contribution in [-0.4, -0.2) is 34.8 Å². The van der Waals surface area contributed by atoms with E-state index >= 15 is 0 Å². The topological polar surface area (TPSA) is 81.5 Å². The molecule has 2 aliphatic rings. The SMILES string of the molecule is COc1cc([C@H]2CC[C@H](COc3cccc(C(CC(=O)O)C4CC4)n3)CC2)c(F)cn1. The molecular weight excluding hydrogens is 399 g/mol. The summed E-state index contributed by atoms with van der Waals surface area (Å²) in [5.41, 5.74) is 1.50. The van der Waals surface area contributed by atoms with E-state index in [2.05, 4.69) is 9.97 Å². The van der Waals surface area contributed by atoms with Gasteiger partial charge in [0, 0.05) is 23.7 Å². The third kappa shape index (κ3) is 5.51. The van der Waals surface area contributed by atoms with Gasteiger partial charge in [-0.2, -0.15) is 0 Å². The van der Waals surface area contributed by atoms with Gasteiger partial charge in [0.15, 0.2) is 0 Å². The van der Waals surface area contributed by atoms with Crippen molar-refractivity contribution in [3.8, 4) is 11.8 Å². The number of ether oxygens (including phenoxy) is 2. The van der Waals surface area contributed by atoms with Crippen molar-refractivity contribution >= 4 is 5.97 Å². The van der Waals surface area contributed by atoms with E-state index in [1.807, 2.05) is 18.2 Å². The quantitative estimate of drug-likeness (QED) is 0.609. The highest BCUT2D eigenvalue weighted by atomic mass is 19.1. The molecule has 7 heteroatoms. The third-order valence-corrected chi connectivity index (χ3v) is 6.53. The summed E-state index contributed by atoms with van der Waals surface area (Å²) in [7, 11) is 1.54. The number of nitrogens with zero attached hydrogens (tertiary/aromatic N) is 2.